The Balaban J connectivity index is 2.20. The number of hydrogen-bond donors (Lipinski definition) is 0. The van der Waals surface area contributed by atoms with E-state index in [1.165, 1.54) is 12.3 Å². The van der Waals surface area contributed by atoms with Crippen molar-refractivity contribution in [3.05, 3.63) is 48.1 Å². The molecule has 15 heavy (non-hydrogen) atoms. The first-order chi connectivity index (χ1) is 7.27. The van der Waals surface area contributed by atoms with Crippen LogP contribution in [-0.2, 0) is 0 Å². The Hall–Kier alpha value is -2.10. The van der Waals surface area contributed by atoms with E-state index in [1.807, 2.05) is 6.08 Å². The molecular weight excluding hydrogens is 192 g/mol. The van der Waals surface area contributed by atoms with Crippen molar-refractivity contribution in [2.45, 2.75) is 0 Å². The number of carbonyl (C=O) groups is 1. The van der Waals surface area contributed by atoms with Gasteiger partial charge in [-0.1, -0.05) is 0 Å². The molecule has 0 saturated heterocycles. The second-order valence-electron chi connectivity index (χ2n) is 3.06. The number of rotatable bonds is 2. The van der Waals surface area contributed by atoms with Crippen molar-refractivity contribution in [3.8, 4) is 0 Å². The van der Waals surface area contributed by atoms with Gasteiger partial charge in [-0.2, -0.15) is 5.10 Å². The van der Waals surface area contributed by atoms with Crippen LogP contribution in [0.5, 0.6) is 0 Å². The smallest absolute Gasteiger partial charge is 0.223 e. The average molecular weight is 202 g/mol. The van der Waals surface area contributed by atoms with Crippen LogP contribution in [0.25, 0.3) is 0 Å². The van der Waals surface area contributed by atoms with E-state index < -0.39 is 0 Å². The van der Waals surface area contributed by atoms with Gasteiger partial charge in [0.2, 0.25) is 5.78 Å². The molecule has 76 valence electrons. The molecule has 0 amide bonds. The summed E-state index contributed by atoms with van der Waals surface area (Å²) < 4.78 is 5.00. The molecule has 1 aromatic rings. The van der Waals surface area contributed by atoms with Gasteiger partial charge in [-0.25, -0.2) is 0 Å². The monoisotopic (exact) mass is 202 g/mol. The van der Waals surface area contributed by atoms with Crippen LogP contribution in [0.2, 0.25) is 0 Å². The molecule has 2 rings (SSSR count). The fraction of sp³-hybridized carbons (Fsp3) is 0.0909. The Bertz CT molecular complexity index is 441. The summed E-state index contributed by atoms with van der Waals surface area (Å²) in [5, 5.41) is 5.64. The van der Waals surface area contributed by atoms with E-state index in [1.54, 1.807) is 36.5 Å². The molecule has 1 aliphatic rings. The summed E-state index contributed by atoms with van der Waals surface area (Å²) in [6, 6.07) is 3.32. The van der Waals surface area contributed by atoms with E-state index in [4.69, 9.17) is 4.42 Å². The topological polar surface area (TPSA) is 45.8 Å². The van der Waals surface area contributed by atoms with Crippen LogP contribution in [0.3, 0.4) is 0 Å². The van der Waals surface area contributed by atoms with Crippen LogP contribution < -0.4 is 0 Å². The Morgan fingerprint density at radius 2 is 2.47 bits per heavy atom. The third-order valence-corrected chi connectivity index (χ3v) is 2.01. The lowest BCUT2D eigenvalue weighted by atomic mass is 10.2. The van der Waals surface area contributed by atoms with E-state index in [-0.39, 0.29) is 5.78 Å². The molecule has 0 fully saturated rings. The predicted molar refractivity (Wildman–Crippen MR) is 56.5 cm³/mol. The predicted octanol–water partition coefficient (Wildman–Crippen LogP) is 1.83. The fourth-order valence-corrected chi connectivity index (χ4v) is 1.22. The Kier molecular flexibility index (Phi) is 2.49. The summed E-state index contributed by atoms with van der Waals surface area (Å²) >= 11 is 0. The molecule has 0 bridgehead atoms. The lowest BCUT2D eigenvalue weighted by molar-refractivity contribution is 0.101. The van der Waals surface area contributed by atoms with Crippen molar-refractivity contribution < 1.29 is 9.21 Å². The minimum atomic E-state index is -0.163. The van der Waals surface area contributed by atoms with Gasteiger partial charge >= 0.3 is 0 Å². The van der Waals surface area contributed by atoms with Gasteiger partial charge in [-0.15, -0.1) is 0 Å². The van der Waals surface area contributed by atoms with Gasteiger partial charge in [-0.05, 0) is 24.3 Å². The number of likely N-dealkylation sites (N-methyl/N-ethyl adjacent to an activating group) is 1. The molecule has 0 saturated carbocycles. The summed E-state index contributed by atoms with van der Waals surface area (Å²) in [5.41, 5.74) is 0.735. The van der Waals surface area contributed by atoms with Crippen molar-refractivity contribution in [1.82, 2.24) is 5.01 Å². The number of nitrogens with zero attached hydrogens (tertiary/aromatic N) is 2. The zero-order valence-electron chi connectivity index (χ0n) is 8.25. The molecule has 0 aromatic carbocycles. The van der Waals surface area contributed by atoms with Crippen molar-refractivity contribution in [2.24, 2.45) is 5.10 Å². The third kappa shape index (κ3) is 2.04. The molecular formula is C11H10N2O2. The van der Waals surface area contributed by atoms with Crippen LogP contribution in [0.4, 0.5) is 0 Å². The number of furan rings is 1. The molecule has 4 nitrogen and oxygen atoms in total. The summed E-state index contributed by atoms with van der Waals surface area (Å²) in [6.07, 6.45) is 8.22. The second-order valence-corrected chi connectivity index (χ2v) is 3.06. The minimum absolute atomic E-state index is 0.163. The number of hydrazone groups is 1. The molecule has 0 atom stereocenters. The van der Waals surface area contributed by atoms with Crippen LogP contribution >= 0.6 is 0 Å². The van der Waals surface area contributed by atoms with Crippen molar-refractivity contribution in [2.75, 3.05) is 7.05 Å². The Labute approximate surface area is 87.2 Å². The van der Waals surface area contributed by atoms with E-state index in [0.29, 0.717) is 5.76 Å². The maximum absolute atomic E-state index is 11.6. The zero-order chi connectivity index (χ0) is 10.7. The summed E-state index contributed by atoms with van der Waals surface area (Å²) in [5.74, 6) is 0.169. The molecule has 0 aliphatic carbocycles. The Morgan fingerprint density at radius 3 is 3.13 bits per heavy atom. The van der Waals surface area contributed by atoms with E-state index in [0.717, 1.165) is 5.70 Å². The van der Waals surface area contributed by atoms with Crippen molar-refractivity contribution in [1.29, 1.82) is 0 Å². The van der Waals surface area contributed by atoms with Gasteiger partial charge in [-0.3, -0.25) is 9.80 Å². The zero-order valence-corrected chi connectivity index (χ0v) is 8.25. The summed E-state index contributed by atoms with van der Waals surface area (Å²) in [7, 11) is 1.78. The highest BCUT2D eigenvalue weighted by atomic mass is 16.3. The highest BCUT2D eigenvalue weighted by Crippen LogP contribution is 2.10. The van der Waals surface area contributed by atoms with Crippen LogP contribution in [-0.4, -0.2) is 24.1 Å². The molecule has 0 N–H and O–H groups in total. The quantitative estimate of drug-likeness (QED) is 0.543. The van der Waals surface area contributed by atoms with E-state index in [2.05, 4.69) is 5.10 Å². The molecule has 1 aromatic heterocycles. The minimum Gasteiger partial charge on any atom is -0.461 e. The van der Waals surface area contributed by atoms with Gasteiger partial charge in [0.05, 0.1) is 12.0 Å². The third-order valence-electron chi connectivity index (χ3n) is 2.01. The maximum atomic E-state index is 11.6. The number of carbonyl (C=O) groups excluding carboxylic acids is 1. The van der Waals surface area contributed by atoms with Gasteiger partial charge in [0.25, 0.3) is 0 Å². The molecule has 0 spiro atoms. The van der Waals surface area contributed by atoms with Crippen molar-refractivity contribution >= 4 is 12.0 Å². The number of hydrogen-bond acceptors (Lipinski definition) is 4. The van der Waals surface area contributed by atoms with E-state index >= 15 is 0 Å². The second kappa shape index (κ2) is 3.96. The van der Waals surface area contributed by atoms with Gasteiger partial charge in [0.1, 0.15) is 0 Å². The number of ketones is 1. The average Bonchev–Trinajstić information content (AvgIpc) is 2.74. The molecule has 2 heterocycles. The van der Waals surface area contributed by atoms with Crippen LogP contribution in [0.15, 0.2) is 51.8 Å². The maximum Gasteiger partial charge on any atom is 0.223 e. The van der Waals surface area contributed by atoms with Crippen LogP contribution in [0.1, 0.15) is 10.6 Å². The molecule has 4 heteroatoms. The lowest BCUT2D eigenvalue weighted by Crippen LogP contribution is -2.13. The first-order valence-electron chi connectivity index (χ1n) is 4.51. The lowest BCUT2D eigenvalue weighted by Gasteiger charge is -2.15. The highest BCUT2D eigenvalue weighted by Gasteiger charge is 2.09. The first-order valence-corrected chi connectivity index (χ1v) is 4.51. The van der Waals surface area contributed by atoms with Gasteiger partial charge in [0, 0.05) is 19.3 Å². The standard InChI is InChI=1S/C11H10N2O2/c1-13-9(4-2-6-12-13)8-10(14)11-5-3-7-15-11/h2-8H,1H3/b9-8+. The molecule has 0 unspecified atom stereocenters. The highest BCUT2D eigenvalue weighted by molar-refractivity contribution is 6.03. The SMILES string of the molecule is CN1N=CC=C/C1=C\C(=O)c1ccco1. The summed E-state index contributed by atoms with van der Waals surface area (Å²) in [4.78, 5) is 11.6. The first kappa shape index (κ1) is 9.45. The van der Waals surface area contributed by atoms with Gasteiger partial charge < -0.3 is 4.42 Å². The van der Waals surface area contributed by atoms with Crippen LogP contribution in [0, 0.1) is 0 Å². The largest absolute Gasteiger partial charge is 0.461 e. The molecule has 1 aliphatic heterocycles. The van der Waals surface area contributed by atoms with Crippen molar-refractivity contribution in [3.63, 3.8) is 0 Å². The number of allylic oxidation sites excluding steroid dienone is 3. The normalized spacial score (nSPS) is 17.4. The van der Waals surface area contributed by atoms with E-state index in [9.17, 15) is 4.79 Å². The summed E-state index contributed by atoms with van der Waals surface area (Å²) in [6.45, 7) is 0. The van der Waals surface area contributed by atoms with Gasteiger partial charge in [0.15, 0.2) is 5.76 Å². The Morgan fingerprint density at radius 1 is 1.60 bits per heavy atom. The molecule has 0 radical (unpaired) electrons. The fourth-order valence-electron chi connectivity index (χ4n) is 1.22.